The predicted octanol–water partition coefficient (Wildman–Crippen LogP) is 2.61. The molecule has 0 aliphatic carbocycles. The Labute approximate surface area is 151 Å². The van der Waals surface area contributed by atoms with Crippen LogP contribution in [0.25, 0.3) is 11.1 Å². The fourth-order valence-electron chi connectivity index (χ4n) is 1.83. The van der Waals surface area contributed by atoms with Crippen molar-refractivity contribution in [3.8, 4) is 11.1 Å². The van der Waals surface area contributed by atoms with Crippen molar-refractivity contribution < 1.29 is 17.7 Å². The maximum absolute atomic E-state index is 12.4. The van der Waals surface area contributed by atoms with Crippen LogP contribution in [-0.2, 0) is 14.8 Å². The molecule has 3 aromatic rings. The molecule has 1 aromatic carbocycles. The maximum Gasteiger partial charge on any atom is 0.293 e. The van der Waals surface area contributed by atoms with Crippen LogP contribution in [0, 0.1) is 0 Å². The van der Waals surface area contributed by atoms with Crippen LogP contribution < -0.4 is 10.0 Å². The number of carbonyl (C=O) groups is 1. The summed E-state index contributed by atoms with van der Waals surface area (Å²) in [5.74, 6) is -0.452. The molecule has 2 heterocycles. The highest BCUT2D eigenvalue weighted by Crippen LogP contribution is 2.31. The van der Waals surface area contributed by atoms with E-state index in [0.717, 1.165) is 0 Å². The van der Waals surface area contributed by atoms with Gasteiger partial charge in [0.15, 0.2) is 0 Å². The number of benzene rings is 1. The lowest BCUT2D eigenvalue weighted by atomic mass is 10.1. The van der Waals surface area contributed by atoms with Crippen LogP contribution in [0.1, 0.15) is 6.92 Å². The Morgan fingerprint density at radius 2 is 1.96 bits per heavy atom. The van der Waals surface area contributed by atoms with Crippen LogP contribution in [0.3, 0.4) is 0 Å². The number of rotatable bonds is 5. The first-order valence-corrected chi connectivity index (χ1v) is 9.37. The normalized spacial score (nSPS) is 11.3. The van der Waals surface area contributed by atoms with Gasteiger partial charge in [-0.3, -0.25) is 4.79 Å². The number of halogens is 1. The largest absolute Gasteiger partial charge is 0.337 e. The average molecular weight is 400 g/mol. The third-order valence-corrected chi connectivity index (χ3v) is 5.66. The van der Waals surface area contributed by atoms with Gasteiger partial charge in [0.25, 0.3) is 14.4 Å². The van der Waals surface area contributed by atoms with Crippen molar-refractivity contribution in [3.63, 3.8) is 0 Å². The number of hydrogen-bond acceptors (Lipinski definition) is 8. The molecule has 0 unspecified atom stereocenters. The molecule has 0 aliphatic rings. The van der Waals surface area contributed by atoms with E-state index >= 15 is 0 Å². The molecule has 0 saturated heterocycles. The van der Waals surface area contributed by atoms with E-state index in [2.05, 4.69) is 25.4 Å². The van der Waals surface area contributed by atoms with Gasteiger partial charge >= 0.3 is 0 Å². The summed E-state index contributed by atoms with van der Waals surface area (Å²) in [4.78, 5) is 11.0. The number of aromatic nitrogens is 3. The Morgan fingerprint density at radius 1 is 1.24 bits per heavy atom. The van der Waals surface area contributed by atoms with Gasteiger partial charge in [-0.1, -0.05) is 40.2 Å². The van der Waals surface area contributed by atoms with E-state index in [1.54, 1.807) is 24.3 Å². The molecule has 12 heteroatoms. The van der Waals surface area contributed by atoms with Gasteiger partial charge in [-0.25, -0.2) is 4.72 Å². The molecule has 2 aromatic heterocycles. The minimum atomic E-state index is -4.05. The van der Waals surface area contributed by atoms with Crippen LogP contribution in [0.4, 0.5) is 11.0 Å². The van der Waals surface area contributed by atoms with Crippen molar-refractivity contribution in [2.24, 2.45) is 0 Å². The fourth-order valence-corrected chi connectivity index (χ4v) is 3.91. The standard InChI is InChI=1S/C13H10ClN5O4S2/c1-7(20)16-12-17-18-13(24-12)25(21,22)19-11-10(6-15-23-11)8-2-4-9(14)5-3-8/h2-6,19H,1H3,(H,16,17,20). The minimum Gasteiger partial charge on any atom is -0.337 e. The third kappa shape index (κ3) is 3.95. The minimum absolute atomic E-state index is 0.0707. The third-order valence-electron chi connectivity index (χ3n) is 2.87. The Kier molecular flexibility index (Phi) is 4.70. The lowest BCUT2D eigenvalue weighted by Gasteiger charge is -2.04. The number of anilines is 2. The lowest BCUT2D eigenvalue weighted by molar-refractivity contribution is -0.114. The van der Waals surface area contributed by atoms with E-state index in [9.17, 15) is 13.2 Å². The SMILES string of the molecule is CC(=O)Nc1nnc(S(=O)(=O)Nc2oncc2-c2ccc(Cl)cc2)s1. The number of carbonyl (C=O) groups excluding carboxylic acids is 1. The van der Waals surface area contributed by atoms with Gasteiger partial charge in [-0.05, 0) is 17.7 Å². The van der Waals surface area contributed by atoms with Crippen molar-refractivity contribution in [2.45, 2.75) is 11.3 Å². The smallest absolute Gasteiger partial charge is 0.293 e. The van der Waals surface area contributed by atoms with E-state index in [-0.39, 0.29) is 21.3 Å². The molecular weight excluding hydrogens is 390 g/mol. The zero-order valence-corrected chi connectivity index (χ0v) is 14.9. The zero-order valence-electron chi connectivity index (χ0n) is 12.6. The van der Waals surface area contributed by atoms with Crippen molar-refractivity contribution in [1.82, 2.24) is 15.4 Å². The molecule has 25 heavy (non-hydrogen) atoms. The van der Waals surface area contributed by atoms with Gasteiger partial charge in [-0.15, -0.1) is 10.2 Å². The van der Waals surface area contributed by atoms with Crippen molar-refractivity contribution in [1.29, 1.82) is 0 Å². The van der Waals surface area contributed by atoms with Crippen LogP contribution >= 0.6 is 22.9 Å². The van der Waals surface area contributed by atoms with Crippen LogP contribution in [-0.4, -0.2) is 29.7 Å². The molecule has 130 valence electrons. The summed E-state index contributed by atoms with van der Waals surface area (Å²) >= 11 is 6.55. The summed E-state index contributed by atoms with van der Waals surface area (Å²) in [7, 11) is -4.05. The number of nitrogens with zero attached hydrogens (tertiary/aromatic N) is 3. The van der Waals surface area contributed by atoms with Crippen LogP contribution in [0.2, 0.25) is 5.02 Å². The van der Waals surface area contributed by atoms with E-state index in [1.165, 1.54) is 13.1 Å². The zero-order chi connectivity index (χ0) is 18.0. The highest BCUT2D eigenvalue weighted by molar-refractivity contribution is 7.94. The van der Waals surface area contributed by atoms with Crippen molar-refractivity contribution in [3.05, 3.63) is 35.5 Å². The Balaban J connectivity index is 1.87. The summed E-state index contributed by atoms with van der Waals surface area (Å²) in [5, 5.41) is 13.8. The molecule has 3 rings (SSSR count). The first kappa shape index (κ1) is 17.3. The quantitative estimate of drug-likeness (QED) is 0.631. The van der Waals surface area contributed by atoms with E-state index < -0.39 is 10.0 Å². The number of nitrogens with one attached hydrogen (secondary N) is 2. The number of sulfonamides is 1. The fraction of sp³-hybridized carbons (Fsp3) is 0.0769. The Morgan fingerprint density at radius 3 is 2.64 bits per heavy atom. The summed E-state index contributed by atoms with van der Waals surface area (Å²) in [5.41, 5.74) is 1.10. The van der Waals surface area contributed by atoms with Gasteiger partial charge in [0.1, 0.15) is 0 Å². The molecule has 0 atom stereocenters. The van der Waals surface area contributed by atoms with Crippen LogP contribution in [0.15, 0.2) is 39.3 Å². The second kappa shape index (κ2) is 6.78. The molecule has 0 aliphatic heterocycles. The molecule has 0 fully saturated rings. The van der Waals surface area contributed by atoms with Crippen LogP contribution in [0.5, 0.6) is 0 Å². The van der Waals surface area contributed by atoms with E-state index in [1.807, 2.05) is 0 Å². The Hall–Kier alpha value is -2.50. The van der Waals surface area contributed by atoms with Crippen molar-refractivity contribution >= 4 is 49.9 Å². The molecule has 1 amide bonds. The molecule has 0 bridgehead atoms. The van der Waals surface area contributed by atoms with Gasteiger partial charge in [0.2, 0.25) is 16.9 Å². The summed E-state index contributed by atoms with van der Waals surface area (Å²) < 4.78 is 31.8. The highest BCUT2D eigenvalue weighted by atomic mass is 35.5. The molecule has 0 saturated carbocycles. The second-order valence-electron chi connectivity index (χ2n) is 4.74. The first-order valence-electron chi connectivity index (χ1n) is 6.70. The average Bonchev–Trinajstić information content (AvgIpc) is 3.17. The number of amides is 1. The topological polar surface area (TPSA) is 127 Å². The van der Waals surface area contributed by atoms with E-state index in [0.29, 0.717) is 27.5 Å². The van der Waals surface area contributed by atoms with E-state index in [4.69, 9.17) is 16.1 Å². The lowest BCUT2D eigenvalue weighted by Crippen LogP contribution is -2.12. The Bertz CT molecular complexity index is 1010. The number of hydrogen-bond donors (Lipinski definition) is 2. The van der Waals surface area contributed by atoms with Gasteiger partial charge in [0, 0.05) is 11.9 Å². The molecular formula is C13H10ClN5O4S2. The molecule has 0 radical (unpaired) electrons. The van der Waals surface area contributed by atoms with Gasteiger partial charge in [0.05, 0.1) is 11.8 Å². The predicted molar refractivity (Wildman–Crippen MR) is 92.0 cm³/mol. The van der Waals surface area contributed by atoms with Crippen molar-refractivity contribution in [2.75, 3.05) is 10.0 Å². The second-order valence-corrected chi connectivity index (χ2v) is 8.01. The van der Waals surface area contributed by atoms with Gasteiger partial charge in [-0.2, -0.15) is 8.42 Å². The van der Waals surface area contributed by atoms with Gasteiger partial charge < -0.3 is 9.84 Å². The highest BCUT2D eigenvalue weighted by Gasteiger charge is 2.24. The summed E-state index contributed by atoms with van der Waals surface area (Å²) in [6, 6.07) is 6.72. The summed E-state index contributed by atoms with van der Waals surface area (Å²) in [6.07, 6.45) is 1.38. The monoisotopic (exact) mass is 399 g/mol. The molecule has 9 nitrogen and oxygen atoms in total. The molecule has 0 spiro atoms. The first-order chi connectivity index (χ1) is 11.8. The summed E-state index contributed by atoms with van der Waals surface area (Å²) in [6.45, 7) is 1.28. The maximum atomic E-state index is 12.4. The molecule has 2 N–H and O–H groups in total.